The van der Waals surface area contributed by atoms with Gasteiger partial charge in [-0.2, -0.15) is 0 Å². The van der Waals surface area contributed by atoms with Crippen LogP contribution in [0.15, 0.2) is 42.7 Å². The maximum absolute atomic E-state index is 13.7. The largest absolute Gasteiger partial charge is 0.489 e. The maximum atomic E-state index is 13.7. The summed E-state index contributed by atoms with van der Waals surface area (Å²) >= 11 is 0. The van der Waals surface area contributed by atoms with E-state index < -0.39 is 0 Å². The number of benzene rings is 1. The minimum atomic E-state index is -0.284. The molecule has 4 heteroatoms. The number of nitrogens with one attached hydrogen (secondary N) is 1. The van der Waals surface area contributed by atoms with Crippen molar-refractivity contribution in [3.63, 3.8) is 0 Å². The third-order valence-electron chi connectivity index (χ3n) is 2.91. The van der Waals surface area contributed by atoms with Crippen LogP contribution in [0.5, 0.6) is 5.75 Å². The Morgan fingerprint density at radius 3 is 2.48 bits per heavy atom. The molecule has 2 aromatic rings. The van der Waals surface area contributed by atoms with Crippen LogP contribution in [0.3, 0.4) is 0 Å². The number of aromatic nitrogens is 1. The predicted molar refractivity (Wildman–Crippen MR) is 81.6 cm³/mol. The Balaban J connectivity index is 2.01. The van der Waals surface area contributed by atoms with Gasteiger partial charge in [0.1, 0.15) is 18.2 Å². The van der Waals surface area contributed by atoms with Gasteiger partial charge in [-0.25, -0.2) is 4.39 Å². The number of halogens is 1. The molecular weight excluding hydrogens is 267 g/mol. The van der Waals surface area contributed by atoms with E-state index in [1.807, 2.05) is 18.2 Å². The highest BCUT2D eigenvalue weighted by molar-refractivity contribution is 5.30. The van der Waals surface area contributed by atoms with E-state index >= 15 is 0 Å². The molecule has 1 aromatic heterocycles. The Labute approximate surface area is 125 Å². The topological polar surface area (TPSA) is 34.1 Å². The minimum Gasteiger partial charge on any atom is -0.489 e. The van der Waals surface area contributed by atoms with Crippen LogP contribution in [0.25, 0.3) is 0 Å². The van der Waals surface area contributed by atoms with Gasteiger partial charge in [0, 0.05) is 30.5 Å². The van der Waals surface area contributed by atoms with E-state index in [2.05, 4.69) is 31.1 Å². The zero-order chi connectivity index (χ0) is 15.3. The molecule has 0 saturated heterocycles. The second kappa shape index (κ2) is 6.68. The summed E-state index contributed by atoms with van der Waals surface area (Å²) in [5.41, 5.74) is 1.86. The molecule has 112 valence electrons. The molecule has 21 heavy (non-hydrogen) atoms. The summed E-state index contributed by atoms with van der Waals surface area (Å²) in [4.78, 5) is 3.95. The van der Waals surface area contributed by atoms with Gasteiger partial charge >= 0.3 is 0 Å². The summed E-state index contributed by atoms with van der Waals surface area (Å²) in [7, 11) is 0. The van der Waals surface area contributed by atoms with E-state index in [1.54, 1.807) is 12.4 Å². The lowest BCUT2D eigenvalue weighted by Gasteiger charge is -2.20. The van der Waals surface area contributed by atoms with Crippen LogP contribution in [0.2, 0.25) is 0 Å². The first-order valence-electron chi connectivity index (χ1n) is 6.98. The first kappa shape index (κ1) is 15.4. The summed E-state index contributed by atoms with van der Waals surface area (Å²) < 4.78 is 19.3. The van der Waals surface area contributed by atoms with Gasteiger partial charge in [-0.1, -0.05) is 0 Å². The molecule has 1 aromatic carbocycles. The van der Waals surface area contributed by atoms with Crippen molar-refractivity contribution in [1.29, 1.82) is 0 Å². The lowest BCUT2D eigenvalue weighted by Crippen LogP contribution is -2.35. The summed E-state index contributed by atoms with van der Waals surface area (Å²) in [5, 5.41) is 3.34. The molecule has 0 saturated carbocycles. The van der Waals surface area contributed by atoms with Crippen LogP contribution >= 0.6 is 0 Å². The van der Waals surface area contributed by atoms with Gasteiger partial charge in [-0.15, -0.1) is 0 Å². The van der Waals surface area contributed by atoms with Gasteiger partial charge in [-0.3, -0.25) is 4.98 Å². The zero-order valence-electron chi connectivity index (χ0n) is 12.7. The summed E-state index contributed by atoms with van der Waals surface area (Å²) in [6.07, 6.45) is 3.42. The van der Waals surface area contributed by atoms with Crippen molar-refractivity contribution >= 4 is 0 Å². The molecular formula is C17H21FN2O. The third kappa shape index (κ3) is 5.52. The Morgan fingerprint density at radius 2 is 1.81 bits per heavy atom. The Hall–Kier alpha value is -1.94. The lowest BCUT2D eigenvalue weighted by molar-refractivity contribution is 0.303. The number of rotatable bonds is 5. The van der Waals surface area contributed by atoms with Crippen molar-refractivity contribution in [1.82, 2.24) is 10.3 Å². The average molecular weight is 288 g/mol. The van der Waals surface area contributed by atoms with E-state index in [0.29, 0.717) is 18.9 Å². The second-order valence-electron chi connectivity index (χ2n) is 6.04. The molecule has 0 amide bonds. The quantitative estimate of drug-likeness (QED) is 0.911. The molecule has 0 fully saturated rings. The molecule has 0 aliphatic rings. The third-order valence-corrected chi connectivity index (χ3v) is 2.91. The van der Waals surface area contributed by atoms with Crippen molar-refractivity contribution in [2.45, 2.75) is 39.5 Å². The van der Waals surface area contributed by atoms with Crippen molar-refractivity contribution in [2.24, 2.45) is 0 Å². The maximum Gasteiger partial charge on any atom is 0.127 e. The molecule has 0 atom stereocenters. The zero-order valence-corrected chi connectivity index (χ0v) is 12.7. The number of hydrogen-bond acceptors (Lipinski definition) is 3. The highest BCUT2D eigenvalue weighted by Gasteiger charge is 2.09. The standard InChI is InChI=1S/C17H21FN2O/c1-17(2,3)20-11-14-8-15(18)10-16(9-14)21-12-13-4-6-19-7-5-13/h4-10,20H,11-12H2,1-3H3. The molecule has 0 unspecified atom stereocenters. The normalized spacial score (nSPS) is 11.4. The first-order valence-corrected chi connectivity index (χ1v) is 6.98. The smallest absolute Gasteiger partial charge is 0.127 e. The summed E-state index contributed by atoms with van der Waals surface area (Å²) in [6.45, 7) is 7.23. The Morgan fingerprint density at radius 1 is 1.10 bits per heavy atom. The van der Waals surface area contributed by atoms with E-state index in [1.165, 1.54) is 12.1 Å². The second-order valence-corrected chi connectivity index (χ2v) is 6.04. The average Bonchev–Trinajstić information content (AvgIpc) is 2.43. The monoisotopic (exact) mass is 288 g/mol. The van der Waals surface area contributed by atoms with E-state index in [4.69, 9.17) is 4.74 Å². The number of hydrogen-bond donors (Lipinski definition) is 1. The fraction of sp³-hybridized carbons (Fsp3) is 0.353. The Bertz CT molecular complexity index is 579. The van der Waals surface area contributed by atoms with E-state index in [9.17, 15) is 4.39 Å². The SMILES string of the molecule is CC(C)(C)NCc1cc(F)cc(OCc2ccncc2)c1. The minimum absolute atomic E-state index is 0.00955. The van der Waals surface area contributed by atoms with Crippen LogP contribution < -0.4 is 10.1 Å². The van der Waals surface area contributed by atoms with Gasteiger partial charge in [-0.05, 0) is 56.2 Å². The van der Waals surface area contributed by atoms with Crippen LogP contribution in [-0.2, 0) is 13.2 Å². The Kier molecular flexibility index (Phi) is 4.91. The molecule has 0 aliphatic carbocycles. The van der Waals surface area contributed by atoms with Gasteiger partial charge in [0.2, 0.25) is 0 Å². The van der Waals surface area contributed by atoms with Crippen molar-refractivity contribution < 1.29 is 9.13 Å². The van der Waals surface area contributed by atoms with Crippen LogP contribution in [0.4, 0.5) is 4.39 Å². The van der Waals surface area contributed by atoms with Crippen LogP contribution in [-0.4, -0.2) is 10.5 Å². The number of nitrogens with zero attached hydrogens (tertiary/aromatic N) is 1. The number of pyridine rings is 1. The van der Waals surface area contributed by atoms with Crippen molar-refractivity contribution in [3.8, 4) is 5.75 Å². The predicted octanol–water partition coefficient (Wildman–Crippen LogP) is 3.69. The molecule has 0 aliphatic heterocycles. The fourth-order valence-corrected chi connectivity index (χ4v) is 1.82. The lowest BCUT2D eigenvalue weighted by atomic mass is 10.1. The molecule has 1 N–H and O–H groups in total. The van der Waals surface area contributed by atoms with E-state index in [-0.39, 0.29) is 11.4 Å². The molecule has 3 nitrogen and oxygen atoms in total. The highest BCUT2D eigenvalue weighted by Crippen LogP contribution is 2.18. The first-order chi connectivity index (χ1) is 9.92. The number of ether oxygens (including phenoxy) is 1. The summed E-state index contributed by atoms with van der Waals surface area (Å²) in [5.74, 6) is 0.255. The van der Waals surface area contributed by atoms with Gasteiger partial charge in [0.05, 0.1) is 0 Å². The van der Waals surface area contributed by atoms with Crippen LogP contribution in [0.1, 0.15) is 31.9 Å². The fourth-order valence-electron chi connectivity index (χ4n) is 1.82. The van der Waals surface area contributed by atoms with Gasteiger partial charge in [0.25, 0.3) is 0 Å². The van der Waals surface area contributed by atoms with Crippen molar-refractivity contribution in [2.75, 3.05) is 0 Å². The summed E-state index contributed by atoms with van der Waals surface area (Å²) in [6, 6.07) is 8.55. The molecule has 0 radical (unpaired) electrons. The molecule has 0 bridgehead atoms. The molecule has 2 rings (SSSR count). The van der Waals surface area contributed by atoms with Gasteiger partial charge < -0.3 is 10.1 Å². The highest BCUT2D eigenvalue weighted by atomic mass is 19.1. The van der Waals surface area contributed by atoms with Crippen LogP contribution in [0, 0.1) is 5.82 Å². The van der Waals surface area contributed by atoms with Gasteiger partial charge in [0.15, 0.2) is 0 Å². The molecule has 0 spiro atoms. The molecule has 1 heterocycles. The van der Waals surface area contributed by atoms with E-state index in [0.717, 1.165) is 11.1 Å². The van der Waals surface area contributed by atoms with Crippen molar-refractivity contribution in [3.05, 3.63) is 59.7 Å².